The van der Waals surface area contributed by atoms with E-state index in [2.05, 4.69) is 9.88 Å². The fraction of sp³-hybridized carbons (Fsp3) is 0.538. The van der Waals surface area contributed by atoms with E-state index in [-0.39, 0.29) is 5.91 Å². The van der Waals surface area contributed by atoms with E-state index < -0.39 is 5.38 Å². The molecule has 1 aromatic rings. The predicted molar refractivity (Wildman–Crippen MR) is 71.4 cm³/mol. The van der Waals surface area contributed by atoms with Gasteiger partial charge in [0.15, 0.2) is 0 Å². The molecule has 1 aromatic heterocycles. The SMILES string of the molecule is CC(Cl)C(=O)N1CCN(Cc2ccncc2)CC1. The third-order valence-corrected chi connectivity index (χ3v) is 3.37. The standard InChI is InChI=1S/C13H18ClN3O/c1-11(14)13(18)17-8-6-16(7-9-17)10-12-2-4-15-5-3-12/h2-5,11H,6-10H2,1H3. The van der Waals surface area contributed by atoms with Crippen LogP contribution in [0.3, 0.4) is 0 Å². The topological polar surface area (TPSA) is 36.4 Å². The Morgan fingerprint density at radius 1 is 1.33 bits per heavy atom. The maximum atomic E-state index is 11.7. The van der Waals surface area contributed by atoms with E-state index in [0.29, 0.717) is 0 Å². The smallest absolute Gasteiger partial charge is 0.240 e. The molecule has 1 fully saturated rings. The van der Waals surface area contributed by atoms with Crippen LogP contribution in [0.1, 0.15) is 12.5 Å². The minimum atomic E-state index is -0.420. The second-order valence-corrected chi connectivity index (χ2v) is 5.23. The van der Waals surface area contributed by atoms with E-state index in [9.17, 15) is 4.79 Å². The van der Waals surface area contributed by atoms with E-state index in [4.69, 9.17) is 11.6 Å². The fourth-order valence-electron chi connectivity index (χ4n) is 2.12. The van der Waals surface area contributed by atoms with Crippen molar-refractivity contribution in [3.8, 4) is 0 Å². The van der Waals surface area contributed by atoms with Crippen molar-refractivity contribution >= 4 is 17.5 Å². The molecular formula is C13H18ClN3O. The molecule has 2 heterocycles. The maximum absolute atomic E-state index is 11.7. The molecule has 0 spiro atoms. The normalized spacial score (nSPS) is 18.7. The van der Waals surface area contributed by atoms with Crippen LogP contribution in [-0.2, 0) is 11.3 Å². The summed E-state index contributed by atoms with van der Waals surface area (Å²) in [6.45, 7) is 5.98. The van der Waals surface area contributed by atoms with E-state index in [1.54, 1.807) is 6.92 Å². The number of aromatic nitrogens is 1. The maximum Gasteiger partial charge on any atom is 0.240 e. The van der Waals surface area contributed by atoms with Crippen LogP contribution in [-0.4, -0.2) is 52.2 Å². The Balaban J connectivity index is 1.82. The highest BCUT2D eigenvalue weighted by atomic mass is 35.5. The van der Waals surface area contributed by atoms with Gasteiger partial charge in [0.05, 0.1) is 0 Å². The summed E-state index contributed by atoms with van der Waals surface area (Å²) in [6, 6.07) is 4.05. The number of piperazine rings is 1. The van der Waals surface area contributed by atoms with Gasteiger partial charge in [-0.3, -0.25) is 14.7 Å². The second-order valence-electron chi connectivity index (χ2n) is 4.57. The highest BCUT2D eigenvalue weighted by Gasteiger charge is 2.23. The number of pyridine rings is 1. The fourth-order valence-corrected chi connectivity index (χ4v) is 2.26. The molecule has 0 radical (unpaired) electrons. The number of rotatable bonds is 3. The molecule has 0 saturated carbocycles. The summed E-state index contributed by atoms with van der Waals surface area (Å²) in [5.41, 5.74) is 1.26. The second kappa shape index (κ2) is 6.16. The first-order chi connectivity index (χ1) is 8.66. The average molecular weight is 268 g/mol. The molecular weight excluding hydrogens is 250 g/mol. The number of nitrogens with zero attached hydrogens (tertiary/aromatic N) is 3. The zero-order chi connectivity index (χ0) is 13.0. The summed E-state index contributed by atoms with van der Waals surface area (Å²) >= 11 is 5.82. The lowest BCUT2D eigenvalue weighted by Crippen LogP contribution is -2.49. The minimum Gasteiger partial charge on any atom is -0.339 e. The van der Waals surface area contributed by atoms with Crippen molar-refractivity contribution in [3.05, 3.63) is 30.1 Å². The number of alkyl halides is 1. The van der Waals surface area contributed by atoms with Crippen molar-refractivity contribution in [3.63, 3.8) is 0 Å². The third-order valence-electron chi connectivity index (χ3n) is 3.18. The Kier molecular flexibility index (Phi) is 4.55. The Labute approximate surface area is 113 Å². The van der Waals surface area contributed by atoms with Crippen molar-refractivity contribution < 1.29 is 4.79 Å². The molecule has 18 heavy (non-hydrogen) atoms. The summed E-state index contributed by atoms with van der Waals surface area (Å²) in [5, 5.41) is -0.420. The molecule has 2 rings (SSSR count). The van der Waals surface area contributed by atoms with Crippen LogP contribution >= 0.6 is 11.6 Å². The zero-order valence-corrected chi connectivity index (χ0v) is 11.3. The first-order valence-corrected chi connectivity index (χ1v) is 6.64. The average Bonchev–Trinajstić information content (AvgIpc) is 2.40. The largest absolute Gasteiger partial charge is 0.339 e. The monoisotopic (exact) mass is 267 g/mol. The Morgan fingerprint density at radius 3 is 2.50 bits per heavy atom. The summed E-state index contributed by atoms with van der Waals surface area (Å²) < 4.78 is 0. The number of hydrogen-bond acceptors (Lipinski definition) is 3. The van der Waals surface area contributed by atoms with Crippen molar-refractivity contribution in [2.45, 2.75) is 18.8 Å². The molecule has 5 heteroatoms. The van der Waals surface area contributed by atoms with Crippen LogP contribution in [0, 0.1) is 0 Å². The number of hydrogen-bond donors (Lipinski definition) is 0. The molecule has 1 aliphatic rings. The molecule has 0 aromatic carbocycles. The molecule has 1 unspecified atom stereocenters. The van der Waals surface area contributed by atoms with Gasteiger partial charge in [0.1, 0.15) is 5.38 Å². The lowest BCUT2D eigenvalue weighted by molar-refractivity contribution is -0.132. The molecule has 1 amide bonds. The van der Waals surface area contributed by atoms with Gasteiger partial charge in [0.25, 0.3) is 0 Å². The zero-order valence-electron chi connectivity index (χ0n) is 10.6. The van der Waals surface area contributed by atoms with Gasteiger partial charge < -0.3 is 4.90 Å². The van der Waals surface area contributed by atoms with Gasteiger partial charge in [0.2, 0.25) is 5.91 Å². The first-order valence-electron chi connectivity index (χ1n) is 6.21. The number of halogens is 1. The summed E-state index contributed by atoms with van der Waals surface area (Å²) in [5.74, 6) is 0.0419. The van der Waals surface area contributed by atoms with E-state index in [0.717, 1.165) is 32.7 Å². The van der Waals surface area contributed by atoms with Gasteiger partial charge in [-0.25, -0.2) is 0 Å². The summed E-state index contributed by atoms with van der Waals surface area (Å²) in [4.78, 5) is 19.9. The number of carbonyl (C=O) groups excluding carboxylic acids is 1. The van der Waals surface area contributed by atoms with Crippen LogP contribution in [0.5, 0.6) is 0 Å². The van der Waals surface area contributed by atoms with Gasteiger partial charge in [-0.05, 0) is 24.6 Å². The highest BCUT2D eigenvalue weighted by molar-refractivity contribution is 6.30. The van der Waals surface area contributed by atoms with Gasteiger partial charge in [0, 0.05) is 45.1 Å². The molecule has 0 bridgehead atoms. The Hall–Kier alpha value is -1.13. The molecule has 0 N–H and O–H groups in total. The van der Waals surface area contributed by atoms with Crippen molar-refractivity contribution in [1.82, 2.24) is 14.8 Å². The van der Waals surface area contributed by atoms with E-state index in [1.165, 1.54) is 5.56 Å². The van der Waals surface area contributed by atoms with Crippen LogP contribution in [0.25, 0.3) is 0 Å². The Morgan fingerprint density at radius 2 is 1.94 bits per heavy atom. The van der Waals surface area contributed by atoms with E-state index in [1.807, 2.05) is 29.4 Å². The van der Waals surface area contributed by atoms with Gasteiger partial charge in [-0.15, -0.1) is 11.6 Å². The molecule has 1 atom stereocenters. The van der Waals surface area contributed by atoms with Crippen molar-refractivity contribution in [1.29, 1.82) is 0 Å². The molecule has 1 saturated heterocycles. The molecule has 1 aliphatic heterocycles. The lowest BCUT2D eigenvalue weighted by atomic mass is 10.2. The number of carbonyl (C=O) groups is 1. The quantitative estimate of drug-likeness (QED) is 0.776. The predicted octanol–water partition coefficient (Wildman–Crippen LogP) is 1.35. The van der Waals surface area contributed by atoms with Crippen LogP contribution < -0.4 is 0 Å². The third kappa shape index (κ3) is 3.43. The van der Waals surface area contributed by atoms with Crippen molar-refractivity contribution in [2.24, 2.45) is 0 Å². The minimum absolute atomic E-state index is 0.0419. The Bertz CT molecular complexity index is 388. The summed E-state index contributed by atoms with van der Waals surface area (Å²) in [6.07, 6.45) is 3.62. The van der Waals surface area contributed by atoms with Crippen LogP contribution in [0.15, 0.2) is 24.5 Å². The van der Waals surface area contributed by atoms with Crippen molar-refractivity contribution in [2.75, 3.05) is 26.2 Å². The van der Waals surface area contributed by atoms with Gasteiger partial charge >= 0.3 is 0 Å². The highest BCUT2D eigenvalue weighted by Crippen LogP contribution is 2.10. The number of amides is 1. The molecule has 4 nitrogen and oxygen atoms in total. The summed E-state index contributed by atoms with van der Waals surface area (Å²) in [7, 11) is 0. The first kappa shape index (κ1) is 13.3. The van der Waals surface area contributed by atoms with Crippen LogP contribution in [0.4, 0.5) is 0 Å². The van der Waals surface area contributed by atoms with Gasteiger partial charge in [-0.2, -0.15) is 0 Å². The van der Waals surface area contributed by atoms with Gasteiger partial charge in [-0.1, -0.05) is 0 Å². The lowest BCUT2D eigenvalue weighted by Gasteiger charge is -2.35. The molecule has 98 valence electrons. The van der Waals surface area contributed by atoms with Crippen LogP contribution in [0.2, 0.25) is 0 Å². The van der Waals surface area contributed by atoms with E-state index >= 15 is 0 Å². The molecule has 0 aliphatic carbocycles.